The van der Waals surface area contributed by atoms with Gasteiger partial charge in [0.2, 0.25) is 0 Å². The van der Waals surface area contributed by atoms with Crippen molar-refractivity contribution in [2.24, 2.45) is 0 Å². The maximum atomic E-state index is 12.1. The molecule has 0 bridgehead atoms. The van der Waals surface area contributed by atoms with Gasteiger partial charge in [0.1, 0.15) is 0 Å². The summed E-state index contributed by atoms with van der Waals surface area (Å²) in [5, 5.41) is 0. The third-order valence-electron chi connectivity index (χ3n) is 2.87. The summed E-state index contributed by atoms with van der Waals surface area (Å²) in [5.74, 6) is 0. The zero-order valence-electron chi connectivity index (χ0n) is 11.5. The third kappa shape index (κ3) is 3.66. The molecular formula is C15H17NO3S. The minimum Gasteiger partial charge on any atom is -0.282 e. The van der Waals surface area contributed by atoms with Crippen molar-refractivity contribution in [1.82, 2.24) is 4.89 Å². The molecule has 106 valence electrons. The van der Waals surface area contributed by atoms with Crippen molar-refractivity contribution in [3.8, 4) is 0 Å². The summed E-state index contributed by atoms with van der Waals surface area (Å²) in [7, 11) is -3.64. The van der Waals surface area contributed by atoms with E-state index in [1.807, 2.05) is 31.2 Å². The summed E-state index contributed by atoms with van der Waals surface area (Å²) in [6, 6.07) is 14.5. The SMILES string of the molecule is Cc1cccc(CONS(=O)(=O)c2ccccc2C)c1. The van der Waals surface area contributed by atoms with Crippen LogP contribution in [-0.2, 0) is 21.5 Å². The number of sulfonamides is 1. The molecule has 0 heterocycles. The highest BCUT2D eigenvalue weighted by molar-refractivity contribution is 7.89. The maximum Gasteiger partial charge on any atom is 0.262 e. The summed E-state index contributed by atoms with van der Waals surface area (Å²) < 4.78 is 24.1. The van der Waals surface area contributed by atoms with Crippen LogP contribution in [0.4, 0.5) is 0 Å². The Morgan fingerprint density at radius 2 is 1.80 bits per heavy atom. The smallest absolute Gasteiger partial charge is 0.262 e. The molecule has 0 radical (unpaired) electrons. The van der Waals surface area contributed by atoms with Crippen LogP contribution in [0.25, 0.3) is 0 Å². The molecule has 0 amide bonds. The van der Waals surface area contributed by atoms with E-state index in [2.05, 4.69) is 4.89 Å². The molecule has 0 fully saturated rings. The Bertz CT molecular complexity index is 696. The summed E-state index contributed by atoms with van der Waals surface area (Å²) in [4.78, 5) is 7.49. The first-order valence-electron chi connectivity index (χ1n) is 6.24. The zero-order chi connectivity index (χ0) is 14.6. The average molecular weight is 291 g/mol. The molecule has 0 spiro atoms. The van der Waals surface area contributed by atoms with E-state index in [4.69, 9.17) is 4.84 Å². The number of aryl methyl sites for hydroxylation is 2. The lowest BCUT2D eigenvalue weighted by Crippen LogP contribution is -2.24. The molecule has 0 aliphatic heterocycles. The fourth-order valence-electron chi connectivity index (χ4n) is 1.90. The largest absolute Gasteiger partial charge is 0.282 e. The normalized spacial score (nSPS) is 11.5. The van der Waals surface area contributed by atoms with Crippen LogP contribution in [0, 0.1) is 13.8 Å². The lowest BCUT2D eigenvalue weighted by atomic mass is 10.1. The van der Waals surface area contributed by atoms with Crippen LogP contribution in [0.15, 0.2) is 53.4 Å². The van der Waals surface area contributed by atoms with Crippen LogP contribution in [0.5, 0.6) is 0 Å². The second-order valence-electron chi connectivity index (χ2n) is 4.63. The van der Waals surface area contributed by atoms with Crippen LogP contribution >= 0.6 is 0 Å². The van der Waals surface area contributed by atoms with Gasteiger partial charge < -0.3 is 0 Å². The van der Waals surface area contributed by atoms with Crippen molar-refractivity contribution >= 4 is 10.0 Å². The Kier molecular flexibility index (Phi) is 4.54. The predicted molar refractivity (Wildman–Crippen MR) is 77.5 cm³/mol. The zero-order valence-corrected chi connectivity index (χ0v) is 12.3. The highest BCUT2D eigenvalue weighted by Crippen LogP contribution is 2.14. The summed E-state index contributed by atoms with van der Waals surface area (Å²) >= 11 is 0. The van der Waals surface area contributed by atoms with Crippen LogP contribution in [0.2, 0.25) is 0 Å². The standard InChI is InChI=1S/C15H17NO3S/c1-12-6-5-8-14(10-12)11-19-16-20(17,18)15-9-4-3-7-13(15)2/h3-10,16H,11H2,1-2H3. The lowest BCUT2D eigenvalue weighted by Gasteiger charge is -2.09. The fraction of sp³-hybridized carbons (Fsp3) is 0.200. The Hall–Kier alpha value is -1.69. The first kappa shape index (κ1) is 14.7. The third-order valence-corrected chi connectivity index (χ3v) is 4.25. The van der Waals surface area contributed by atoms with E-state index in [9.17, 15) is 8.42 Å². The number of nitrogens with one attached hydrogen (secondary N) is 1. The first-order chi connectivity index (χ1) is 9.49. The van der Waals surface area contributed by atoms with Gasteiger partial charge in [0.15, 0.2) is 0 Å². The Labute approximate surface area is 119 Å². The Morgan fingerprint density at radius 3 is 2.50 bits per heavy atom. The molecule has 2 rings (SSSR count). The molecule has 1 N–H and O–H groups in total. The van der Waals surface area contributed by atoms with E-state index >= 15 is 0 Å². The van der Waals surface area contributed by atoms with Gasteiger partial charge >= 0.3 is 0 Å². The van der Waals surface area contributed by atoms with Gasteiger partial charge in [-0.3, -0.25) is 4.84 Å². The Balaban J connectivity index is 2.02. The van der Waals surface area contributed by atoms with E-state index < -0.39 is 10.0 Å². The van der Waals surface area contributed by atoms with Gasteiger partial charge in [-0.1, -0.05) is 52.9 Å². The molecule has 2 aromatic rings. The van der Waals surface area contributed by atoms with Gasteiger partial charge in [-0.25, -0.2) is 8.42 Å². The average Bonchev–Trinajstić information content (AvgIpc) is 2.39. The number of hydrogen-bond acceptors (Lipinski definition) is 3. The van der Waals surface area contributed by atoms with E-state index in [0.29, 0.717) is 5.56 Å². The van der Waals surface area contributed by atoms with E-state index in [0.717, 1.165) is 11.1 Å². The van der Waals surface area contributed by atoms with Gasteiger partial charge in [0, 0.05) is 0 Å². The van der Waals surface area contributed by atoms with Crippen molar-refractivity contribution in [2.75, 3.05) is 0 Å². The highest BCUT2D eigenvalue weighted by Gasteiger charge is 2.16. The number of hydrogen-bond donors (Lipinski definition) is 1. The summed E-state index contributed by atoms with van der Waals surface area (Å²) in [6.07, 6.45) is 0. The van der Waals surface area contributed by atoms with Crippen molar-refractivity contribution in [3.05, 3.63) is 65.2 Å². The van der Waals surface area contributed by atoms with E-state index in [1.54, 1.807) is 31.2 Å². The van der Waals surface area contributed by atoms with Gasteiger partial charge in [0.05, 0.1) is 11.5 Å². The lowest BCUT2D eigenvalue weighted by molar-refractivity contribution is 0.0795. The minimum atomic E-state index is -3.64. The molecular weight excluding hydrogens is 274 g/mol. The van der Waals surface area contributed by atoms with E-state index in [-0.39, 0.29) is 11.5 Å². The molecule has 0 aliphatic rings. The minimum absolute atomic E-state index is 0.187. The maximum absolute atomic E-state index is 12.1. The molecule has 5 heteroatoms. The van der Waals surface area contributed by atoms with Gasteiger partial charge in [-0.05, 0) is 31.0 Å². The molecule has 20 heavy (non-hydrogen) atoms. The van der Waals surface area contributed by atoms with Crippen LogP contribution in [-0.4, -0.2) is 8.42 Å². The Morgan fingerprint density at radius 1 is 1.05 bits per heavy atom. The number of rotatable bonds is 5. The first-order valence-corrected chi connectivity index (χ1v) is 7.72. The van der Waals surface area contributed by atoms with Gasteiger partial charge in [0.25, 0.3) is 10.0 Å². The monoisotopic (exact) mass is 291 g/mol. The predicted octanol–water partition coefficient (Wildman–Crippen LogP) is 2.71. The summed E-state index contributed by atoms with van der Waals surface area (Å²) in [6.45, 7) is 3.91. The van der Waals surface area contributed by atoms with Crippen LogP contribution < -0.4 is 4.89 Å². The van der Waals surface area contributed by atoms with E-state index in [1.165, 1.54) is 0 Å². The van der Waals surface area contributed by atoms with Crippen molar-refractivity contribution < 1.29 is 13.3 Å². The molecule has 0 saturated carbocycles. The van der Waals surface area contributed by atoms with Gasteiger partial charge in [-0.15, -0.1) is 0 Å². The van der Waals surface area contributed by atoms with Crippen molar-refractivity contribution in [2.45, 2.75) is 25.3 Å². The molecule has 0 saturated heterocycles. The van der Waals surface area contributed by atoms with Crippen molar-refractivity contribution in [1.29, 1.82) is 0 Å². The molecule has 0 aliphatic carbocycles. The molecule has 0 atom stereocenters. The number of benzene rings is 2. The summed E-state index contributed by atoms with van der Waals surface area (Å²) in [5.41, 5.74) is 2.70. The van der Waals surface area contributed by atoms with Gasteiger partial charge in [-0.2, -0.15) is 0 Å². The topological polar surface area (TPSA) is 55.4 Å². The quantitative estimate of drug-likeness (QED) is 0.862. The van der Waals surface area contributed by atoms with Crippen LogP contribution in [0.3, 0.4) is 0 Å². The van der Waals surface area contributed by atoms with Crippen LogP contribution in [0.1, 0.15) is 16.7 Å². The van der Waals surface area contributed by atoms with Crippen molar-refractivity contribution in [3.63, 3.8) is 0 Å². The second kappa shape index (κ2) is 6.17. The highest BCUT2D eigenvalue weighted by atomic mass is 32.2. The fourth-order valence-corrected chi connectivity index (χ4v) is 2.95. The molecule has 4 nitrogen and oxygen atoms in total. The molecule has 0 aromatic heterocycles. The molecule has 2 aromatic carbocycles. The molecule has 0 unspecified atom stereocenters. The second-order valence-corrected chi connectivity index (χ2v) is 6.24.